The molecule has 0 aromatic rings. The molecular weight excluding hydrogens is 232 g/mol. The van der Waals surface area contributed by atoms with Gasteiger partial charge in [0.15, 0.2) is 0 Å². The summed E-state index contributed by atoms with van der Waals surface area (Å²) in [5.74, 6) is 0.131. The standard InChI is InChI=1S/C13H24N2O3/c1-9-5-15(8-13(2,3)18-9)12(16)10-6-17-7-11(10)14-4/h9-11,14H,5-8H2,1-4H3. The maximum Gasteiger partial charge on any atom is 0.229 e. The first-order chi connectivity index (χ1) is 8.43. The Labute approximate surface area is 109 Å². The van der Waals surface area contributed by atoms with Gasteiger partial charge in [-0.25, -0.2) is 0 Å². The van der Waals surface area contributed by atoms with Crippen molar-refractivity contribution in [1.29, 1.82) is 0 Å². The maximum absolute atomic E-state index is 12.6. The van der Waals surface area contributed by atoms with Crippen molar-refractivity contribution in [3.8, 4) is 0 Å². The number of carbonyl (C=O) groups is 1. The zero-order valence-corrected chi connectivity index (χ0v) is 11.7. The van der Waals surface area contributed by atoms with Crippen LogP contribution in [0.2, 0.25) is 0 Å². The fourth-order valence-corrected chi connectivity index (χ4v) is 2.94. The summed E-state index contributed by atoms with van der Waals surface area (Å²) in [6, 6.07) is 0.138. The largest absolute Gasteiger partial charge is 0.379 e. The lowest BCUT2D eigenvalue weighted by molar-refractivity contribution is -0.162. The van der Waals surface area contributed by atoms with Crippen LogP contribution in [0.4, 0.5) is 0 Å². The highest BCUT2D eigenvalue weighted by molar-refractivity contribution is 5.80. The third-order valence-electron chi connectivity index (χ3n) is 3.65. The highest BCUT2D eigenvalue weighted by atomic mass is 16.5. The molecule has 0 bridgehead atoms. The highest BCUT2D eigenvalue weighted by Gasteiger charge is 2.40. The molecule has 5 nitrogen and oxygen atoms in total. The minimum absolute atomic E-state index is 0.0592. The van der Waals surface area contributed by atoms with E-state index in [4.69, 9.17) is 9.47 Å². The van der Waals surface area contributed by atoms with Gasteiger partial charge in [0.25, 0.3) is 0 Å². The predicted molar refractivity (Wildman–Crippen MR) is 68.4 cm³/mol. The zero-order chi connectivity index (χ0) is 13.3. The summed E-state index contributed by atoms with van der Waals surface area (Å²) in [5, 5.41) is 3.16. The molecule has 2 aliphatic heterocycles. The number of ether oxygens (including phenoxy) is 2. The number of rotatable bonds is 2. The number of nitrogens with one attached hydrogen (secondary N) is 1. The molecule has 2 saturated heterocycles. The van der Waals surface area contributed by atoms with E-state index in [0.717, 1.165) is 0 Å². The maximum atomic E-state index is 12.6. The normalized spacial score (nSPS) is 35.8. The molecule has 3 unspecified atom stereocenters. The Kier molecular flexibility index (Phi) is 3.94. The minimum atomic E-state index is -0.262. The Bertz CT molecular complexity index is 319. The number of morpholine rings is 1. The lowest BCUT2D eigenvalue weighted by Crippen LogP contribution is -2.56. The number of likely N-dealkylation sites (N-methyl/N-ethyl adjacent to an activating group) is 1. The van der Waals surface area contributed by atoms with Crippen LogP contribution < -0.4 is 5.32 Å². The molecule has 5 heteroatoms. The first-order valence-corrected chi connectivity index (χ1v) is 6.64. The Balaban J connectivity index is 2.04. The number of nitrogens with zero attached hydrogens (tertiary/aromatic N) is 1. The second-order valence-electron chi connectivity index (χ2n) is 5.95. The molecule has 2 aliphatic rings. The molecule has 2 heterocycles. The second kappa shape index (κ2) is 5.15. The van der Waals surface area contributed by atoms with Crippen molar-refractivity contribution in [1.82, 2.24) is 10.2 Å². The van der Waals surface area contributed by atoms with Crippen molar-refractivity contribution < 1.29 is 14.3 Å². The van der Waals surface area contributed by atoms with Crippen LogP contribution in [0.5, 0.6) is 0 Å². The van der Waals surface area contributed by atoms with E-state index < -0.39 is 0 Å². The van der Waals surface area contributed by atoms with Crippen molar-refractivity contribution in [2.75, 3.05) is 33.4 Å². The summed E-state index contributed by atoms with van der Waals surface area (Å²) in [4.78, 5) is 14.5. The number of carbonyl (C=O) groups excluding carboxylic acids is 1. The summed E-state index contributed by atoms with van der Waals surface area (Å²) in [5.41, 5.74) is -0.262. The zero-order valence-electron chi connectivity index (χ0n) is 11.7. The van der Waals surface area contributed by atoms with E-state index in [9.17, 15) is 4.79 Å². The van der Waals surface area contributed by atoms with Gasteiger partial charge in [-0.3, -0.25) is 4.79 Å². The van der Waals surface area contributed by atoms with Crippen LogP contribution >= 0.6 is 0 Å². The second-order valence-corrected chi connectivity index (χ2v) is 5.95. The van der Waals surface area contributed by atoms with Gasteiger partial charge in [-0.1, -0.05) is 0 Å². The van der Waals surface area contributed by atoms with E-state index in [1.807, 2.05) is 32.7 Å². The molecule has 1 N–H and O–H groups in total. The fourth-order valence-electron chi connectivity index (χ4n) is 2.94. The predicted octanol–water partition coefficient (Wildman–Crippen LogP) is 0.247. The fraction of sp³-hybridized carbons (Fsp3) is 0.923. The van der Waals surface area contributed by atoms with E-state index in [-0.39, 0.29) is 29.6 Å². The van der Waals surface area contributed by atoms with Gasteiger partial charge < -0.3 is 19.7 Å². The molecule has 0 aromatic heterocycles. The average molecular weight is 256 g/mol. The molecule has 2 fully saturated rings. The molecule has 0 aromatic carbocycles. The van der Waals surface area contributed by atoms with Crippen molar-refractivity contribution in [3.63, 3.8) is 0 Å². The SMILES string of the molecule is CNC1COCC1C(=O)N1CC(C)OC(C)(C)C1. The molecule has 0 radical (unpaired) electrons. The summed E-state index contributed by atoms with van der Waals surface area (Å²) in [6.07, 6.45) is 0.0908. The van der Waals surface area contributed by atoms with E-state index in [1.54, 1.807) is 0 Å². The van der Waals surface area contributed by atoms with Crippen LogP contribution in [0.15, 0.2) is 0 Å². The Morgan fingerprint density at radius 2 is 2.11 bits per heavy atom. The first-order valence-electron chi connectivity index (χ1n) is 6.64. The Morgan fingerprint density at radius 1 is 1.39 bits per heavy atom. The van der Waals surface area contributed by atoms with Gasteiger partial charge in [0, 0.05) is 19.1 Å². The number of amides is 1. The van der Waals surface area contributed by atoms with Crippen LogP contribution in [0.25, 0.3) is 0 Å². The van der Waals surface area contributed by atoms with Gasteiger partial charge >= 0.3 is 0 Å². The Hall–Kier alpha value is -0.650. The van der Waals surface area contributed by atoms with E-state index in [2.05, 4.69) is 5.32 Å². The van der Waals surface area contributed by atoms with Crippen molar-refractivity contribution in [3.05, 3.63) is 0 Å². The van der Waals surface area contributed by atoms with Crippen molar-refractivity contribution >= 4 is 5.91 Å². The molecule has 0 aliphatic carbocycles. The monoisotopic (exact) mass is 256 g/mol. The van der Waals surface area contributed by atoms with Gasteiger partial charge in [0.05, 0.1) is 30.8 Å². The van der Waals surface area contributed by atoms with Gasteiger partial charge in [-0.05, 0) is 27.8 Å². The van der Waals surface area contributed by atoms with Crippen molar-refractivity contribution in [2.24, 2.45) is 5.92 Å². The molecule has 1 amide bonds. The Morgan fingerprint density at radius 3 is 2.72 bits per heavy atom. The molecular formula is C13H24N2O3. The van der Waals surface area contributed by atoms with Crippen LogP contribution in [-0.2, 0) is 14.3 Å². The van der Waals surface area contributed by atoms with Crippen molar-refractivity contribution in [2.45, 2.75) is 38.5 Å². The van der Waals surface area contributed by atoms with Gasteiger partial charge in [0.1, 0.15) is 0 Å². The van der Waals surface area contributed by atoms with Crippen LogP contribution in [0.1, 0.15) is 20.8 Å². The first kappa shape index (κ1) is 13.8. The molecule has 18 heavy (non-hydrogen) atoms. The summed E-state index contributed by atoms with van der Waals surface area (Å²) in [6.45, 7) is 8.56. The summed E-state index contributed by atoms with van der Waals surface area (Å²) < 4.78 is 11.2. The number of hydrogen-bond donors (Lipinski definition) is 1. The van der Waals surface area contributed by atoms with Gasteiger partial charge in [0.2, 0.25) is 5.91 Å². The topological polar surface area (TPSA) is 50.8 Å². The summed E-state index contributed by atoms with van der Waals surface area (Å²) in [7, 11) is 1.88. The molecule has 3 atom stereocenters. The number of hydrogen-bond acceptors (Lipinski definition) is 4. The van der Waals surface area contributed by atoms with Gasteiger partial charge in [-0.2, -0.15) is 0 Å². The van der Waals surface area contributed by atoms with Crippen LogP contribution in [0, 0.1) is 5.92 Å². The highest BCUT2D eigenvalue weighted by Crippen LogP contribution is 2.24. The van der Waals surface area contributed by atoms with Gasteiger partial charge in [-0.15, -0.1) is 0 Å². The summed E-state index contributed by atoms with van der Waals surface area (Å²) >= 11 is 0. The molecule has 104 valence electrons. The quantitative estimate of drug-likeness (QED) is 0.769. The average Bonchev–Trinajstić information content (AvgIpc) is 2.73. The third kappa shape index (κ3) is 2.84. The van der Waals surface area contributed by atoms with E-state index in [0.29, 0.717) is 26.3 Å². The smallest absolute Gasteiger partial charge is 0.229 e. The molecule has 2 rings (SSSR count). The van der Waals surface area contributed by atoms with E-state index in [1.165, 1.54) is 0 Å². The van der Waals surface area contributed by atoms with E-state index >= 15 is 0 Å². The third-order valence-corrected chi connectivity index (χ3v) is 3.65. The lowest BCUT2D eigenvalue weighted by Gasteiger charge is -2.42. The van der Waals surface area contributed by atoms with Crippen LogP contribution in [-0.4, -0.2) is 61.9 Å². The molecule has 0 saturated carbocycles. The molecule has 0 spiro atoms. The lowest BCUT2D eigenvalue weighted by atomic mass is 9.99. The van der Waals surface area contributed by atoms with Crippen LogP contribution in [0.3, 0.4) is 0 Å². The minimum Gasteiger partial charge on any atom is -0.379 e.